The smallest absolute Gasteiger partial charge is 0.266 e. The van der Waals surface area contributed by atoms with Crippen LogP contribution in [-0.2, 0) is 4.79 Å². The van der Waals surface area contributed by atoms with Crippen LogP contribution in [0.15, 0.2) is 48.0 Å². The largest absolute Gasteiger partial charge is 0.497 e. The van der Waals surface area contributed by atoms with Crippen molar-refractivity contribution in [1.82, 2.24) is 0 Å². The summed E-state index contributed by atoms with van der Waals surface area (Å²) in [5, 5.41) is 12.0. The number of amides is 1. The Balaban J connectivity index is 2.32. The summed E-state index contributed by atoms with van der Waals surface area (Å²) in [6.45, 7) is 0. The summed E-state index contributed by atoms with van der Waals surface area (Å²) in [6.07, 6.45) is 1.47. The van der Waals surface area contributed by atoms with Crippen LogP contribution >= 0.6 is 0 Å². The molecule has 0 fully saturated rings. The second kappa shape index (κ2) is 8.41. The fourth-order valence-corrected chi connectivity index (χ4v) is 2.19. The van der Waals surface area contributed by atoms with Crippen molar-refractivity contribution in [2.45, 2.75) is 0 Å². The highest BCUT2D eigenvalue weighted by Gasteiger charge is 2.14. The predicted octanol–water partition coefficient (Wildman–Crippen LogP) is 3.26. The van der Waals surface area contributed by atoms with E-state index in [0.29, 0.717) is 28.5 Å². The van der Waals surface area contributed by atoms with Gasteiger partial charge in [0.2, 0.25) is 0 Å². The molecule has 0 aliphatic heterocycles. The monoisotopic (exact) mass is 338 g/mol. The molecule has 0 aromatic heterocycles. The average molecular weight is 338 g/mol. The van der Waals surface area contributed by atoms with E-state index in [1.807, 2.05) is 12.1 Å². The molecule has 1 amide bonds. The first-order valence-electron chi connectivity index (χ1n) is 7.41. The van der Waals surface area contributed by atoms with Gasteiger partial charge in [0.05, 0.1) is 27.0 Å². The summed E-state index contributed by atoms with van der Waals surface area (Å²) in [4.78, 5) is 12.5. The van der Waals surface area contributed by atoms with E-state index in [4.69, 9.17) is 14.2 Å². The number of nitrogens with zero attached hydrogens (tertiary/aromatic N) is 1. The van der Waals surface area contributed by atoms with E-state index in [0.717, 1.165) is 0 Å². The molecule has 0 aliphatic carbocycles. The molecular weight excluding hydrogens is 320 g/mol. The molecule has 0 heterocycles. The van der Waals surface area contributed by atoms with E-state index in [-0.39, 0.29) is 5.57 Å². The zero-order chi connectivity index (χ0) is 18.2. The fraction of sp³-hybridized carbons (Fsp3) is 0.158. The van der Waals surface area contributed by atoms with Crippen LogP contribution in [0.25, 0.3) is 6.08 Å². The lowest BCUT2D eigenvalue weighted by atomic mass is 10.1. The summed E-state index contributed by atoms with van der Waals surface area (Å²) in [5.74, 6) is 1.04. The van der Waals surface area contributed by atoms with Crippen LogP contribution in [0.4, 0.5) is 5.69 Å². The SMILES string of the molecule is COc1ccc(OC)c(NC(=O)/C(C#N)=C/c2ccccc2OC)c1. The fourth-order valence-electron chi connectivity index (χ4n) is 2.19. The normalized spacial score (nSPS) is 10.6. The van der Waals surface area contributed by atoms with Crippen LogP contribution in [-0.4, -0.2) is 27.2 Å². The lowest BCUT2D eigenvalue weighted by molar-refractivity contribution is -0.112. The van der Waals surface area contributed by atoms with Gasteiger partial charge in [0.25, 0.3) is 5.91 Å². The molecule has 6 heteroatoms. The summed E-state index contributed by atoms with van der Waals surface area (Å²) in [5.41, 5.74) is 0.983. The Morgan fingerprint density at radius 3 is 2.40 bits per heavy atom. The molecule has 1 N–H and O–H groups in total. The number of methoxy groups -OCH3 is 3. The third kappa shape index (κ3) is 4.30. The Bertz CT molecular complexity index is 838. The summed E-state index contributed by atoms with van der Waals surface area (Å²) in [6, 6.07) is 14.0. The van der Waals surface area contributed by atoms with Gasteiger partial charge >= 0.3 is 0 Å². The second-order valence-corrected chi connectivity index (χ2v) is 4.93. The van der Waals surface area contributed by atoms with E-state index in [1.165, 1.54) is 27.4 Å². The minimum absolute atomic E-state index is 0.0608. The first-order chi connectivity index (χ1) is 12.1. The molecule has 6 nitrogen and oxygen atoms in total. The zero-order valence-corrected chi connectivity index (χ0v) is 14.2. The van der Waals surface area contributed by atoms with Gasteiger partial charge in [-0.05, 0) is 24.3 Å². The van der Waals surface area contributed by atoms with Gasteiger partial charge in [-0.2, -0.15) is 5.26 Å². The molecule has 25 heavy (non-hydrogen) atoms. The van der Waals surface area contributed by atoms with Crippen LogP contribution in [0.1, 0.15) is 5.56 Å². The number of ether oxygens (including phenoxy) is 3. The van der Waals surface area contributed by atoms with Gasteiger partial charge in [-0.15, -0.1) is 0 Å². The van der Waals surface area contributed by atoms with Crippen molar-refractivity contribution in [2.75, 3.05) is 26.6 Å². The molecule has 128 valence electrons. The van der Waals surface area contributed by atoms with Crippen molar-refractivity contribution < 1.29 is 19.0 Å². The minimum Gasteiger partial charge on any atom is -0.497 e. The maximum atomic E-state index is 12.5. The highest BCUT2D eigenvalue weighted by Crippen LogP contribution is 2.29. The van der Waals surface area contributed by atoms with E-state index < -0.39 is 5.91 Å². The van der Waals surface area contributed by atoms with Crippen LogP contribution in [0, 0.1) is 11.3 Å². The molecule has 0 saturated carbocycles. The summed E-state index contributed by atoms with van der Waals surface area (Å²) < 4.78 is 15.6. The highest BCUT2D eigenvalue weighted by molar-refractivity contribution is 6.10. The van der Waals surface area contributed by atoms with Gasteiger partial charge in [-0.3, -0.25) is 4.79 Å². The zero-order valence-electron chi connectivity index (χ0n) is 14.2. The van der Waals surface area contributed by atoms with Crippen molar-refractivity contribution in [2.24, 2.45) is 0 Å². The number of carbonyl (C=O) groups is 1. The van der Waals surface area contributed by atoms with Gasteiger partial charge in [-0.1, -0.05) is 18.2 Å². The second-order valence-electron chi connectivity index (χ2n) is 4.93. The standard InChI is InChI=1S/C19H18N2O4/c1-23-15-8-9-18(25-3)16(11-15)21-19(22)14(12-20)10-13-6-4-5-7-17(13)24-2/h4-11H,1-3H3,(H,21,22)/b14-10+. The molecule has 0 radical (unpaired) electrons. The van der Waals surface area contributed by atoms with Crippen LogP contribution < -0.4 is 19.5 Å². The molecule has 2 aromatic rings. The van der Waals surface area contributed by atoms with Gasteiger partial charge in [-0.25, -0.2) is 0 Å². The number of hydrogen-bond acceptors (Lipinski definition) is 5. The van der Waals surface area contributed by atoms with Crippen LogP contribution in [0.3, 0.4) is 0 Å². The van der Waals surface area contributed by atoms with Crippen molar-refractivity contribution in [3.8, 4) is 23.3 Å². The molecule has 0 bridgehead atoms. The minimum atomic E-state index is -0.556. The molecule has 0 aliphatic rings. The van der Waals surface area contributed by atoms with Crippen molar-refractivity contribution >= 4 is 17.7 Å². The molecule has 0 atom stereocenters. The number of carbonyl (C=O) groups excluding carboxylic acids is 1. The third-order valence-electron chi connectivity index (χ3n) is 3.46. The number of nitriles is 1. The molecular formula is C19H18N2O4. The van der Waals surface area contributed by atoms with Crippen molar-refractivity contribution in [3.63, 3.8) is 0 Å². The van der Waals surface area contributed by atoms with E-state index in [1.54, 1.807) is 36.4 Å². The highest BCUT2D eigenvalue weighted by atomic mass is 16.5. The summed E-state index contributed by atoms with van der Waals surface area (Å²) >= 11 is 0. The average Bonchev–Trinajstić information content (AvgIpc) is 2.66. The van der Waals surface area contributed by atoms with Gasteiger partial charge in [0.15, 0.2) is 0 Å². The number of rotatable bonds is 6. The lowest BCUT2D eigenvalue weighted by Gasteiger charge is -2.11. The number of anilines is 1. The van der Waals surface area contributed by atoms with E-state index >= 15 is 0 Å². The predicted molar refractivity (Wildman–Crippen MR) is 94.8 cm³/mol. The van der Waals surface area contributed by atoms with Gasteiger partial charge < -0.3 is 19.5 Å². The van der Waals surface area contributed by atoms with Gasteiger partial charge in [0.1, 0.15) is 28.9 Å². The lowest BCUT2D eigenvalue weighted by Crippen LogP contribution is -2.14. The van der Waals surface area contributed by atoms with Crippen molar-refractivity contribution in [3.05, 3.63) is 53.6 Å². The molecule has 0 unspecified atom stereocenters. The quantitative estimate of drug-likeness (QED) is 0.646. The van der Waals surface area contributed by atoms with E-state index in [2.05, 4.69) is 5.32 Å². The number of hydrogen-bond donors (Lipinski definition) is 1. The molecule has 0 saturated heterocycles. The molecule has 0 spiro atoms. The first-order valence-corrected chi connectivity index (χ1v) is 7.41. The topological polar surface area (TPSA) is 80.6 Å². The summed E-state index contributed by atoms with van der Waals surface area (Å²) in [7, 11) is 4.54. The third-order valence-corrected chi connectivity index (χ3v) is 3.46. The molecule has 2 aromatic carbocycles. The maximum Gasteiger partial charge on any atom is 0.266 e. The number of para-hydroxylation sites is 1. The Kier molecular flexibility index (Phi) is 6.02. The first kappa shape index (κ1) is 17.9. The number of nitrogens with one attached hydrogen (secondary N) is 1. The molecule has 2 rings (SSSR count). The van der Waals surface area contributed by atoms with Crippen LogP contribution in [0.2, 0.25) is 0 Å². The van der Waals surface area contributed by atoms with Gasteiger partial charge in [0, 0.05) is 11.6 Å². The number of benzene rings is 2. The Hall–Kier alpha value is -3.46. The van der Waals surface area contributed by atoms with Crippen molar-refractivity contribution in [1.29, 1.82) is 5.26 Å². The Labute approximate surface area is 146 Å². The maximum absolute atomic E-state index is 12.5. The van der Waals surface area contributed by atoms with Crippen LogP contribution in [0.5, 0.6) is 17.2 Å². The Morgan fingerprint density at radius 1 is 1.04 bits per heavy atom. The van der Waals surface area contributed by atoms with E-state index in [9.17, 15) is 10.1 Å². The Morgan fingerprint density at radius 2 is 1.76 bits per heavy atom.